The minimum atomic E-state index is -1.48. The van der Waals surface area contributed by atoms with E-state index in [4.69, 9.17) is 5.11 Å². The summed E-state index contributed by atoms with van der Waals surface area (Å²) in [4.78, 5) is 22.8. The van der Waals surface area contributed by atoms with Crippen molar-refractivity contribution in [1.29, 1.82) is 0 Å². The quantitative estimate of drug-likeness (QED) is 0.883. The molecule has 0 saturated heterocycles. The molecule has 0 heterocycles. The number of amides is 1. The van der Waals surface area contributed by atoms with E-state index in [0.717, 1.165) is 0 Å². The van der Waals surface area contributed by atoms with Crippen molar-refractivity contribution in [3.8, 4) is 0 Å². The number of rotatable bonds is 4. The summed E-state index contributed by atoms with van der Waals surface area (Å²) < 4.78 is 26.1. The van der Waals surface area contributed by atoms with Crippen LogP contribution in [0.1, 0.15) is 41.5 Å². The van der Waals surface area contributed by atoms with Gasteiger partial charge in [0.15, 0.2) is 11.6 Å². The average Bonchev–Trinajstić information content (AvgIpc) is 2.31. The Bertz CT molecular complexity index is 515. The fraction of sp³-hybridized carbons (Fsp3) is 0.385. The molecule has 0 aliphatic carbocycles. The first-order chi connectivity index (χ1) is 8.73. The standard InChI is InChI=1S/C13H15F2NO3/c1-6(2)7(3)16-12(17)8-4-10(14)11(15)5-9(8)13(18)19/h4-7H,1-3H3,(H,16,17)(H,18,19). The normalized spacial score (nSPS) is 12.3. The Hall–Kier alpha value is -1.98. The van der Waals surface area contributed by atoms with E-state index < -0.39 is 29.1 Å². The van der Waals surface area contributed by atoms with Crippen LogP contribution in [0.5, 0.6) is 0 Å². The second-order valence-electron chi connectivity index (χ2n) is 4.62. The first kappa shape index (κ1) is 15.1. The highest BCUT2D eigenvalue weighted by molar-refractivity contribution is 6.04. The zero-order chi connectivity index (χ0) is 14.7. The third kappa shape index (κ3) is 3.49. The lowest BCUT2D eigenvalue weighted by Crippen LogP contribution is -2.37. The van der Waals surface area contributed by atoms with Gasteiger partial charge in [-0.2, -0.15) is 0 Å². The third-order valence-electron chi connectivity index (χ3n) is 2.89. The topological polar surface area (TPSA) is 66.4 Å². The van der Waals surface area contributed by atoms with Crippen LogP contribution in [0.3, 0.4) is 0 Å². The highest BCUT2D eigenvalue weighted by Gasteiger charge is 2.22. The van der Waals surface area contributed by atoms with Gasteiger partial charge in [-0.1, -0.05) is 13.8 Å². The summed E-state index contributed by atoms with van der Waals surface area (Å²) >= 11 is 0. The molecular weight excluding hydrogens is 256 g/mol. The van der Waals surface area contributed by atoms with E-state index in [-0.39, 0.29) is 17.5 Å². The maximum absolute atomic E-state index is 13.1. The largest absolute Gasteiger partial charge is 0.478 e. The molecule has 0 bridgehead atoms. The molecule has 0 aromatic heterocycles. The Labute approximate surface area is 109 Å². The van der Waals surface area contributed by atoms with Gasteiger partial charge in [-0.25, -0.2) is 13.6 Å². The fourth-order valence-corrected chi connectivity index (χ4v) is 1.36. The number of carbonyl (C=O) groups excluding carboxylic acids is 1. The summed E-state index contributed by atoms with van der Waals surface area (Å²) in [5.74, 6) is -4.65. The van der Waals surface area contributed by atoms with Crippen LogP contribution in [0.4, 0.5) is 8.78 Å². The zero-order valence-corrected chi connectivity index (χ0v) is 10.8. The minimum absolute atomic E-state index is 0.127. The van der Waals surface area contributed by atoms with Gasteiger partial charge < -0.3 is 10.4 Å². The van der Waals surface area contributed by atoms with Crippen LogP contribution in [0.2, 0.25) is 0 Å². The van der Waals surface area contributed by atoms with Crippen LogP contribution < -0.4 is 5.32 Å². The summed E-state index contributed by atoms with van der Waals surface area (Å²) in [6.45, 7) is 5.48. The Morgan fingerprint density at radius 3 is 2.00 bits per heavy atom. The molecule has 1 aromatic rings. The van der Waals surface area contributed by atoms with E-state index in [2.05, 4.69) is 5.32 Å². The van der Waals surface area contributed by atoms with E-state index in [9.17, 15) is 18.4 Å². The van der Waals surface area contributed by atoms with Crippen LogP contribution in [-0.2, 0) is 0 Å². The van der Waals surface area contributed by atoms with Gasteiger partial charge in [-0.3, -0.25) is 4.79 Å². The van der Waals surface area contributed by atoms with Gasteiger partial charge in [0.25, 0.3) is 5.91 Å². The first-order valence-corrected chi connectivity index (χ1v) is 5.77. The second-order valence-corrected chi connectivity index (χ2v) is 4.62. The molecule has 4 nitrogen and oxygen atoms in total. The summed E-state index contributed by atoms with van der Waals surface area (Å²) in [6, 6.07) is 0.885. The molecule has 0 spiro atoms. The van der Waals surface area contributed by atoms with Gasteiger partial charge in [-0.15, -0.1) is 0 Å². The number of hydrogen-bond acceptors (Lipinski definition) is 2. The molecule has 0 fully saturated rings. The Morgan fingerprint density at radius 2 is 1.58 bits per heavy atom. The molecule has 0 radical (unpaired) electrons. The average molecular weight is 271 g/mol. The predicted octanol–water partition coefficient (Wildman–Crippen LogP) is 2.44. The summed E-state index contributed by atoms with van der Waals surface area (Å²) in [7, 11) is 0. The van der Waals surface area contributed by atoms with Crippen molar-refractivity contribution in [2.24, 2.45) is 5.92 Å². The van der Waals surface area contributed by atoms with Crippen LogP contribution in [-0.4, -0.2) is 23.0 Å². The SMILES string of the molecule is CC(C)C(C)NC(=O)c1cc(F)c(F)cc1C(=O)O. The molecule has 2 N–H and O–H groups in total. The highest BCUT2D eigenvalue weighted by atomic mass is 19.2. The lowest BCUT2D eigenvalue weighted by Gasteiger charge is -2.18. The Morgan fingerprint density at radius 1 is 1.11 bits per heavy atom. The van der Waals surface area contributed by atoms with E-state index in [1.54, 1.807) is 6.92 Å². The number of carbonyl (C=O) groups is 2. The second kappa shape index (κ2) is 5.77. The van der Waals surface area contributed by atoms with Crippen molar-refractivity contribution in [3.05, 3.63) is 34.9 Å². The van der Waals surface area contributed by atoms with Crippen LogP contribution in [0.15, 0.2) is 12.1 Å². The van der Waals surface area contributed by atoms with Gasteiger partial charge in [0.1, 0.15) is 0 Å². The number of hydrogen-bond donors (Lipinski definition) is 2. The molecule has 1 atom stereocenters. The molecular formula is C13H15F2NO3. The Kier molecular flexibility index (Phi) is 4.58. The summed E-state index contributed by atoms with van der Waals surface area (Å²) in [5.41, 5.74) is -0.953. The summed E-state index contributed by atoms with van der Waals surface area (Å²) in [5, 5.41) is 11.5. The van der Waals surface area contributed by atoms with Gasteiger partial charge in [0.05, 0.1) is 11.1 Å². The van der Waals surface area contributed by atoms with Crippen molar-refractivity contribution in [2.45, 2.75) is 26.8 Å². The molecule has 0 aliphatic heterocycles. The van der Waals surface area contributed by atoms with Crippen molar-refractivity contribution in [2.75, 3.05) is 0 Å². The molecule has 19 heavy (non-hydrogen) atoms. The van der Waals surface area contributed by atoms with E-state index >= 15 is 0 Å². The lowest BCUT2D eigenvalue weighted by atomic mass is 10.0. The van der Waals surface area contributed by atoms with Gasteiger partial charge in [0, 0.05) is 6.04 Å². The highest BCUT2D eigenvalue weighted by Crippen LogP contribution is 2.16. The molecule has 1 amide bonds. The molecule has 104 valence electrons. The van der Waals surface area contributed by atoms with Gasteiger partial charge in [0.2, 0.25) is 0 Å². The zero-order valence-electron chi connectivity index (χ0n) is 10.8. The maximum atomic E-state index is 13.1. The smallest absolute Gasteiger partial charge is 0.336 e. The number of carboxylic acids is 1. The third-order valence-corrected chi connectivity index (χ3v) is 2.89. The molecule has 0 aliphatic rings. The van der Waals surface area contributed by atoms with Crippen LogP contribution >= 0.6 is 0 Å². The van der Waals surface area contributed by atoms with Gasteiger partial charge in [-0.05, 0) is 25.0 Å². The van der Waals surface area contributed by atoms with Crippen LogP contribution in [0.25, 0.3) is 0 Å². The van der Waals surface area contributed by atoms with E-state index in [1.165, 1.54) is 0 Å². The van der Waals surface area contributed by atoms with Gasteiger partial charge >= 0.3 is 5.97 Å². The molecule has 1 unspecified atom stereocenters. The molecule has 0 saturated carbocycles. The number of halogens is 2. The lowest BCUT2D eigenvalue weighted by molar-refractivity contribution is 0.0689. The Balaban J connectivity index is 3.15. The van der Waals surface area contributed by atoms with Crippen molar-refractivity contribution < 1.29 is 23.5 Å². The van der Waals surface area contributed by atoms with E-state index in [1.807, 2.05) is 13.8 Å². The van der Waals surface area contributed by atoms with Crippen molar-refractivity contribution >= 4 is 11.9 Å². The summed E-state index contributed by atoms with van der Waals surface area (Å²) in [6.07, 6.45) is 0. The number of aromatic carboxylic acids is 1. The number of nitrogens with one attached hydrogen (secondary N) is 1. The van der Waals surface area contributed by atoms with Crippen molar-refractivity contribution in [3.63, 3.8) is 0 Å². The minimum Gasteiger partial charge on any atom is -0.478 e. The fourth-order valence-electron chi connectivity index (χ4n) is 1.36. The first-order valence-electron chi connectivity index (χ1n) is 5.77. The predicted molar refractivity (Wildman–Crippen MR) is 65.1 cm³/mol. The monoisotopic (exact) mass is 271 g/mol. The van der Waals surface area contributed by atoms with E-state index in [0.29, 0.717) is 12.1 Å². The molecule has 1 aromatic carbocycles. The number of benzene rings is 1. The van der Waals surface area contributed by atoms with Crippen molar-refractivity contribution in [1.82, 2.24) is 5.32 Å². The maximum Gasteiger partial charge on any atom is 0.336 e. The van der Waals surface area contributed by atoms with Crippen LogP contribution in [0, 0.1) is 17.6 Å². The number of carboxylic acid groups (broad SMARTS) is 1. The molecule has 6 heteroatoms. The molecule has 1 rings (SSSR count).